The van der Waals surface area contributed by atoms with Gasteiger partial charge in [-0.2, -0.15) is 5.10 Å². The number of aliphatic imine (C=N–C) groups is 1. The van der Waals surface area contributed by atoms with E-state index in [4.69, 9.17) is 5.10 Å². The Kier molecular flexibility index (Phi) is 6.57. The molecule has 2 fully saturated rings. The molecule has 6 nitrogen and oxygen atoms in total. The molecular formula is C22H32N6S. The van der Waals surface area contributed by atoms with Gasteiger partial charge in [0.05, 0.1) is 17.5 Å². The number of piperidine rings is 1. The molecule has 0 aliphatic carbocycles. The van der Waals surface area contributed by atoms with Gasteiger partial charge >= 0.3 is 0 Å². The Morgan fingerprint density at radius 1 is 1.21 bits per heavy atom. The lowest BCUT2D eigenvalue weighted by Crippen LogP contribution is -2.53. The van der Waals surface area contributed by atoms with E-state index in [9.17, 15) is 0 Å². The van der Waals surface area contributed by atoms with Crippen molar-refractivity contribution in [3.63, 3.8) is 0 Å². The summed E-state index contributed by atoms with van der Waals surface area (Å²) >= 11 is 1.82. The SMILES string of the molecule is CSC(N/N=C1/CCN(C)C2CC=CN=C12)N1CCN(c2cccc(C)c2)CC1. The van der Waals surface area contributed by atoms with Gasteiger partial charge in [0.1, 0.15) is 5.50 Å². The molecular weight excluding hydrogens is 380 g/mol. The van der Waals surface area contributed by atoms with Crippen LogP contribution in [0.4, 0.5) is 5.69 Å². The van der Waals surface area contributed by atoms with Crippen LogP contribution in [0.5, 0.6) is 0 Å². The second-order valence-corrected chi connectivity index (χ2v) is 8.94. The standard InChI is InChI=1S/C22H32N6S/c1-17-6-4-7-18(16-17)27-12-14-28(15-13-27)22(29-3)25-24-19-9-11-26(2)20-8-5-10-23-21(19)20/h4-7,10,16,20,22,25H,8-9,11-15H2,1-3H3/b24-19-. The minimum absolute atomic E-state index is 0.194. The van der Waals surface area contributed by atoms with Crippen LogP contribution in [0, 0.1) is 6.92 Å². The van der Waals surface area contributed by atoms with Crippen LogP contribution >= 0.6 is 11.8 Å². The van der Waals surface area contributed by atoms with E-state index in [0.717, 1.165) is 57.0 Å². The molecule has 3 aliphatic heterocycles. The maximum absolute atomic E-state index is 4.84. The first-order chi connectivity index (χ1) is 14.2. The van der Waals surface area contributed by atoms with Crippen LogP contribution in [-0.4, -0.2) is 78.8 Å². The van der Waals surface area contributed by atoms with E-state index in [1.54, 1.807) is 0 Å². The van der Waals surface area contributed by atoms with Crippen molar-refractivity contribution in [1.82, 2.24) is 15.2 Å². The first kappa shape index (κ1) is 20.4. The van der Waals surface area contributed by atoms with Crippen molar-refractivity contribution in [3.8, 4) is 0 Å². The second-order valence-electron chi connectivity index (χ2n) is 8.02. The molecule has 156 valence electrons. The van der Waals surface area contributed by atoms with E-state index in [1.807, 2.05) is 18.0 Å². The third-order valence-corrected chi connectivity index (χ3v) is 6.92. The Hall–Kier alpha value is -1.83. The van der Waals surface area contributed by atoms with E-state index >= 15 is 0 Å². The number of aryl methyl sites for hydroxylation is 1. The highest BCUT2D eigenvalue weighted by atomic mass is 32.2. The molecule has 0 spiro atoms. The zero-order valence-electron chi connectivity index (χ0n) is 17.7. The second kappa shape index (κ2) is 9.32. The zero-order valence-corrected chi connectivity index (χ0v) is 18.5. The molecule has 0 bridgehead atoms. The number of rotatable bonds is 5. The summed E-state index contributed by atoms with van der Waals surface area (Å²) in [6, 6.07) is 9.18. The quantitative estimate of drug-likeness (QED) is 0.595. The lowest BCUT2D eigenvalue weighted by molar-refractivity contribution is 0.217. The maximum Gasteiger partial charge on any atom is 0.143 e. The van der Waals surface area contributed by atoms with E-state index in [1.165, 1.54) is 11.3 Å². The van der Waals surface area contributed by atoms with Crippen molar-refractivity contribution in [2.75, 3.05) is 50.9 Å². The largest absolute Gasteiger partial charge is 0.369 e. The minimum atomic E-state index is 0.194. The number of nitrogens with one attached hydrogen (secondary N) is 1. The fraction of sp³-hybridized carbons (Fsp3) is 0.545. The summed E-state index contributed by atoms with van der Waals surface area (Å²) in [6.07, 6.45) is 8.22. The first-order valence-electron chi connectivity index (χ1n) is 10.5. The van der Waals surface area contributed by atoms with Gasteiger partial charge in [0.25, 0.3) is 0 Å². The first-order valence-corrected chi connectivity index (χ1v) is 11.8. The Morgan fingerprint density at radius 3 is 2.79 bits per heavy atom. The topological polar surface area (TPSA) is 46.5 Å². The number of nitrogens with zero attached hydrogens (tertiary/aromatic N) is 5. The molecule has 1 N–H and O–H groups in total. The third kappa shape index (κ3) is 4.68. The monoisotopic (exact) mass is 412 g/mol. The molecule has 3 heterocycles. The van der Waals surface area contributed by atoms with Gasteiger partial charge in [0.15, 0.2) is 0 Å². The molecule has 0 amide bonds. The van der Waals surface area contributed by atoms with Crippen LogP contribution in [-0.2, 0) is 0 Å². The summed E-state index contributed by atoms with van der Waals surface area (Å²) in [5.41, 5.74) is 8.56. The number of anilines is 1. The van der Waals surface area contributed by atoms with Crippen LogP contribution < -0.4 is 10.3 Å². The van der Waals surface area contributed by atoms with Crippen molar-refractivity contribution in [3.05, 3.63) is 42.1 Å². The highest BCUT2D eigenvalue weighted by Crippen LogP contribution is 2.21. The number of hydrazone groups is 1. The van der Waals surface area contributed by atoms with Gasteiger partial charge in [-0.05, 0) is 44.3 Å². The summed E-state index contributed by atoms with van der Waals surface area (Å²) < 4.78 is 0. The van der Waals surface area contributed by atoms with Crippen molar-refractivity contribution in [2.24, 2.45) is 10.1 Å². The molecule has 3 aliphatic rings. The summed E-state index contributed by atoms with van der Waals surface area (Å²) in [4.78, 5) is 12.0. The summed E-state index contributed by atoms with van der Waals surface area (Å²) in [5, 5.41) is 4.84. The highest BCUT2D eigenvalue weighted by Gasteiger charge is 2.31. The molecule has 1 aromatic carbocycles. The Morgan fingerprint density at radius 2 is 2.03 bits per heavy atom. The van der Waals surface area contributed by atoms with Crippen LogP contribution in [0.2, 0.25) is 0 Å². The van der Waals surface area contributed by atoms with E-state index in [-0.39, 0.29) is 5.50 Å². The average molecular weight is 413 g/mol. The lowest BCUT2D eigenvalue weighted by Gasteiger charge is -2.39. The lowest BCUT2D eigenvalue weighted by atomic mass is 9.94. The van der Waals surface area contributed by atoms with E-state index < -0.39 is 0 Å². The smallest absolute Gasteiger partial charge is 0.143 e. The number of piperazine rings is 1. The molecule has 0 radical (unpaired) electrons. The molecule has 0 saturated carbocycles. The predicted octanol–water partition coefficient (Wildman–Crippen LogP) is 2.77. The van der Waals surface area contributed by atoms with Crippen LogP contribution in [0.15, 0.2) is 46.6 Å². The van der Waals surface area contributed by atoms with Crippen LogP contribution in [0.3, 0.4) is 0 Å². The fourth-order valence-corrected chi connectivity index (χ4v) is 4.98. The number of thioether (sulfide) groups is 1. The predicted molar refractivity (Wildman–Crippen MR) is 125 cm³/mol. The van der Waals surface area contributed by atoms with E-state index in [2.05, 4.69) is 75.7 Å². The molecule has 2 unspecified atom stereocenters. The number of fused-ring (bicyclic) bond motifs is 1. The summed E-state index contributed by atoms with van der Waals surface area (Å²) in [6.45, 7) is 7.36. The van der Waals surface area contributed by atoms with Crippen molar-refractivity contribution < 1.29 is 0 Å². The van der Waals surface area contributed by atoms with Crippen LogP contribution in [0.25, 0.3) is 0 Å². The number of likely N-dealkylation sites (tertiary alicyclic amines) is 1. The van der Waals surface area contributed by atoms with Crippen molar-refractivity contribution in [2.45, 2.75) is 31.3 Å². The minimum Gasteiger partial charge on any atom is -0.369 e. The van der Waals surface area contributed by atoms with Gasteiger partial charge < -0.3 is 4.90 Å². The molecule has 29 heavy (non-hydrogen) atoms. The van der Waals surface area contributed by atoms with Gasteiger partial charge in [0, 0.05) is 51.0 Å². The van der Waals surface area contributed by atoms with Gasteiger partial charge in [-0.3, -0.25) is 20.2 Å². The Balaban J connectivity index is 1.37. The van der Waals surface area contributed by atoms with Crippen molar-refractivity contribution >= 4 is 28.9 Å². The normalized spacial score (nSPS) is 25.6. The molecule has 4 rings (SSSR count). The number of hydrogen-bond acceptors (Lipinski definition) is 7. The van der Waals surface area contributed by atoms with Gasteiger partial charge in [-0.25, -0.2) is 0 Å². The van der Waals surface area contributed by atoms with Gasteiger partial charge in [-0.1, -0.05) is 18.2 Å². The summed E-state index contributed by atoms with van der Waals surface area (Å²) in [5.74, 6) is 0. The summed E-state index contributed by atoms with van der Waals surface area (Å²) in [7, 11) is 2.18. The van der Waals surface area contributed by atoms with Gasteiger partial charge in [0.2, 0.25) is 0 Å². The molecule has 7 heteroatoms. The van der Waals surface area contributed by atoms with Crippen molar-refractivity contribution in [1.29, 1.82) is 0 Å². The molecule has 0 aromatic heterocycles. The van der Waals surface area contributed by atoms with Gasteiger partial charge in [-0.15, -0.1) is 11.8 Å². The number of hydrogen-bond donors (Lipinski definition) is 1. The maximum atomic E-state index is 4.84. The average Bonchev–Trinajstić information content (AvgIpc) is 2.76. The number of benzene rings is 1. The Bertz CT molecular complexity index is 796. The molecule has 2 saturated heterocycles. The molecule has 1 aromatic rings. The Labute approximate surface area is 178 Å². The van der Waals surface area contributed by atoms with E-state index in [0.29, 0.717) is 6.04 Å². The third-order valence-electron chi connectivity index (χ3n) is 6.07. The molecule has 2 atom stereocenters. The van der Waals surface area contributed by atoms with Crippen LogP contribution in [0.1, 0.15) is 18.4 Å². The highest BCUT2D eigenvalue weighted by molar-refractivity contribution is 7.99. The fourth-order valence-electron chi connectivity index (χ4n) is 4.31. The zero-order chi connectivity index (χ0) is 20.2.